The van der Waals surface area contributed by atoms with Gasteiger partial charge in [-0.05, 0) is 0 Å². The van der Waals surface area contributed by atoms with Crippen molar-refractivity contribution in [3.8, 4) is 0 Å². The van der Waals surface area contributed by atoms with Gasteiger partial charge in [0.1, 0.15) is 0 Å². The van der Waals surface area contributed by atoms with Crippen LogP contribution in [0.15, 0.2) is 30.3 Å². The van der Waals surface area contributed by atoms with Gasteiger partial charge < -0.3 is 0 Å². The minimum absolute atomic E-state index is 0.0261. The van der Waals surface area contributed by atoms with Crippen molar-refractivity contribution < 1.29 is 4.79 Å². The van der Waals surface area contributed by atoms with Crippen molar-refractivity contribution in [2.45, 2.75) is 0 Å². The van der Waals surface area contributed by atoms with E-state index in [2.05, 4.69) is 5.32 Å². The molecule has 1 N–H and O–H groups in total. The molecule has 0 aromatic heterocycles. The van der Waals surface area contributed by atoms with Crippen LogP contribution in [0.3, 0.4) is 0 Å². The number of nitrogens with one attached hydrogen (secondary N) is 1. The van der Waals surface area contributed by atoms with E-state index in [-0.39, 0.29) is 5.91 Å². The average Bonchev–Trinajstić information content (AvgIpc) is 2.07. The van der Waals surface area contributed by atoms with E-state index in [4.69, 9.17) is 0 Å². The van der Waals surface area contributed by atoms with Crippen molar-refractivity contribution in [2.75, 3.05) is 4.56 Å². The van der Waals surface area contributed by atoms with E-state index in [0.29, 0.717) is 0 Å². The van der Waals surface area contributed by atoms with E-state index in [1.54, 1.807) is 0 Å². The Morgan fingerprint density at radius 1 is 1.36 bits per heavy atom. The van der Waals surface area contributed by atoms with Gasteiger partial charge in [-0.3, -0.25) is 0 Å². The monoisotopic (exact) mass is 255 g/mol. The first kappa shape index (κ1) is 8.58. The standard InChI is InChI=1S/C8H8NO.Sn.H/c1-9-8(10)7-5-3-2-4-6-7;;/h2-6H,1H2,(H,9,10);;. The van der Waals surface area contributed by atoms with Crippen LogP contribution in [0, 0.1) is 0 Å². The molecule has 2 radical (unpaired) electrons. The molecule has 0 saturated carbocycles. The first-order valence-corrected chi connectivity index (χ1v) is 5.71. The van der Waals surface area contributed by atoms with Gasteiger partial charge in [-0.2, -0.15) is 0 Å². The predicted molar refractivity (Wildman–Crippen MR) is 45.9 cm³/mol. The van der Waals surface area contributed by atoms with Crippen LogP contribution in [0.4, 0.5) is 0 Å². The molecule has 0 aliphatic carbocycles. The van der Waals surface area contributed by atoms with Gasteiger partial charge in [0.2, 0.25) is 0 Å². The van der Waals surface area contributed by atoms with Crippen LogP contribution in [0.25, 0.3) is 0 Å². The number of benzene rings is 1. The molecule has 0 saturated heterocycles. The molecular weight excluding hydrogens is 245 g/mol. The van der Waals surface area contributed by atoms with Crippen molar-refractivity contribution in [2.24, 2.45) is 0 Å². The Kier molecular flexibility index (Phi) is 3.42. The second-order valence-electron chi connectivity index (χ2n) is 2.08. The Morgan fingerprint density at radius 2 is 2.00 bits per heavy atom. The van der Waals surface area contributed by atoms with Gasteiger partial charge in [0.05, 0.1) is 0 Å². The second kappa shape index (κ2) is 4.38. The summed E-state index contributed by atoms with van der Waals surface area (Å²) in [5.41, 5.74) is 0.738. The molecule has 1 amide bonds. The summed E-state index contributed by atoms with van der Waals surface area (Å²) >= 11 is 1.06. The Hall–Kier alpha value is -0.511. The van der Waals surface area contributed by atoms with Crippen molar-refractivity contribution in [3.63, 3.8) is 0 Å². The molecule has 1 rings (SSSR count). The van der Waals surface area contributed by atoms with Gasteiger partial charge in [0.25, 0.3) is 0 Å². The van der Waals surface area contributed by atoms with Gasteiger partial charge in [0.15, 0.2) is 0 Å². The molecule has 11 heavy (non-hydrogen) atoms. The van der Waals surface area contributed by atoms with Crippen LogP contribution in [-0.4, -0.2) is 33.0 Å². The molecule has 0 fully saturated rings. The number of carbonyl (C=O) groups excluding carboxylic acids is 1. The maximum absolute atomic E-state index is 11.2. The zero-order valence-electron chi connectivity index (χ0n) is 6.08. The predicted octanol–water partition coefficient (Wildman–Crippen LogP) is 0.275. The summed E-state index contributed by atoms with van der Waals surface area (Å²) in [6.45, 7) is 0. The Bertz CT molecular complexity index is 235. The first-order valence-electron chi connectivity index (χ1n) is 3.38. The van der Waals surface area contributed by atoms with Gasteiger partial charge in [-0.15, -0.1) is 0 Å². The zero-order valence-corrected chi connectivity index (χ0v) is 9.38. The molecule has 0 unspecified atom stereocenters. The van der Waals surface area contributed by atoms with Crippen molar-refractivity contribution >= 4 is 28.4 Å². The molecule has 0 aliphatic heterocycles. The fourth-order valence-corrected chi connectivity index (χ4v) is 1.31. The van der Waals surface area contributed by atoms with Crippen LogP contribution in [0.5, 0.6) is 0 Å². The van der Waals surface area contributed by atoms with Crippen LogP contribution in [-0.2, 0) is 0 Å². The fraction of sp³-hybridized carbons (Fsp3) is 0.125. The third-order valence-corrected chi connectivity index (χ3v) is 1.88. The number of carbonyl (C=O) groups is 1. The summed E-state index contributed by atoms with van der Waals surface area (Å²) in [7, 11) is 0. The molecule has 2 nitrogen and oxygen atoms in total. The number of amides is 1. The van der Waals surface area contributed by atoms with E-state index in [0.717, 1.165) is 32.6 Å². The number of rotatable bonds is 2. The third kappa shape index (κ3) is 2.53. The molecule has 0 spiro atoms. The average molecular weight is 254 g/mol. The molecule has 1 aromatic carbocycles. The minimum atomic E-state index is 0.0261. The van der Waals surface area contributed by atoms with E-state index < -0.39 is 0 Å². The Balaban J connectivity index is 2.69. The molecule has 0 aliphatic rings. The quantitative estimate of drug-likeness (QED) is 0.754. The summed E-state index contributed by atoms with van der Waals surface area (Å²) in [5, 5.41) is 2.78. The van der Waals surface area contributed by atoms with Gasteiger partial charge in [-0.25, -0.2) is 0 Å². The molecule has 0 atom stereocenters. The molecule has 56 valence electrons. The van der Waals surface area contributed by atoms with Crippen LogP contribution < -0.4 is 5.32 Å². The van der Waals surface area contributed by atoms with Gasteiger partial charge >= 0.3 is 79.0 Å². The molecular formula is C8H9NOSn. The van der Waals surface area contributed by atoms with Gasteiger partial charge in [-0.1, -0.05) is 0 Å². The topological polar surface area (TPSA) is 29.1 Å². The summed E-state index contributed by atoms with van der Waals surface area (Å²) in [6, 6.07) is 9.25. The normalized spacial score (nSPS) is 9.18. The van der Waals surface area contributed by atoms with Crippen molar-refractivity contribution in [1.82, 2.24) is 5.32 Å². The summed E-state index contributed by atoms with van der Waals surface area (Å²) < 4.78 is 0.804. The SMILES string of the molecule is O=C(N[CH2][SnH])c1ccccc1. The van der Waals surface area contributed by atoms with Crippen LogP contribution in [0.2, 0.25) is 0 Å². The number of hydrogen-bond acceptors (Lipinski definition) is 1. The Labute approximate surface area is 79.1 Å². The molecule has 1 aromatic rings. The summed E-state index contributed by atoms with van der Waals surface area (Å²) in [5.74, 6) is 0.0261. The summed E-state index contributed by atoms with van der Waals surface area (Å²) in [4.78, 5) is 11.2. The van der Waals surface area contributed by atoms with Crippen molar-refractivity contribution in [3.05, 3.63) is 35.9 Å². The van der Waals surface area contributed by atoms with E-state index >= 15 is 0 Å². The molecule has 0 bridgehead atoms. The number of hydrogen-bond donors (Lipinski definition) is 1. The summed E-state index contributed by atoms with van der Waals surface area (Å²) in [6.07, 6.45) is 0. The van der Waals surface area contributed by atoms with E-state index in [1.807, 2.05) is 30.3 Å². The second-order valence-corrected chi connectivity index (χ2v) is 3.24. The van der Waals surface area contributed by atoms with Crippen molar-refractivity contribution in [1.29, 1.82) is 0 Å². The third-order valence-electron chi connectivity index (χ3n) is 1.30. The van der Waals surface area contributed by atoms with Crippen LogP contribution >= 0.6 is 0 Å². The molecule has 3 heteroatoms. The first-order chi connectivity index (χ1) is 5.34. The maximum atomic E-state index is 11.2. The fourth-order valence-electron chi connectivity index (χ4n) is 0.784. The van der Waals surface area contributed by atoms with E-state index in [1.165, 1.54) is 0 Å². The molecule has 0 heterocycles. The Morgan fingerprint density at radius 3 is 2.55 bits per heavy atom. The van der Waals surface area contributed by atoms with Crippen LogP contribution in [0.1, 0.15) is 10.4 Å². The van der Waals surface area contributed by atoms with E-state index in [9.17, 15) is 4.79 Å². The zero-order chi connectivity index (χ0) is 8.10. The van der Waals surface area contributed by atoms with Gasteiger partial charge in [0, 0.05) is 0 Å².